The smallest absolute Gasteiger partial charge is 0.260 e. The molecule has 21 heavy (non-hydrogen) atoms. The largest absolute Gasteiger partial charge is 0.497 e. The minimum Gasteiger partial charge on any atom is -0.497 e. The van der Waals surface area contributed by atoms with Gasteiger partial charge >= 0.3 is 0 Å². The Hall–Kier alpha value is -2.75. The molecule has 0 aliphatic carbocycles. The maximum atomic E-state index is 12.5. The summed E-state index contributed by atoms with van der Waals surface area (Å²) in [7, 11) is 1.63. The van der Waals surface area contributed by atoms with Gasteiger partial charge in [0.1, 0.15) is 5.75 Å². The van der Waals surface area contributed by atoms with Crippen LogP contribution in [0.1, 0.15) is 5.56 Å². The maximum Gasteiger partial charge on any atom is 0.260 e. The maximum absolute atomic E-state index is 12.5. The van der Waals surface area contributed by atoms with Crippen molar-refractivity contribution in [3.8, 4) is 5.75 Å². The molecule has 4 heteroatoms. The molecule has 0 amide bonds. The van der Waals surface area contributed by atoms with Gasteiger partial charge in [-0.25, -0.2) is 0 Å². The number of hydrogen-bond acceptors (Lipinski definition) is 3. The van der Waals surface area contributed by atoms with E-state index in [1.165, 1.54) is 0 Å². The first kappa shape index (κ1) is 13.2. The van der Waals surface area contributed by atoms with Crippen LogP contribution in [0.3, 0.4) is 0 Å². The van der Waals surface area contributed by atoms with Crippen molar-refractivity contribution in [3.63, 3.8) is 0 Å². The third-order valence-corrected chi connectivity index (χ3v) is 3.55. The standard InChI is InChI=1S/C17H16N2O2/c1-21-14-7-5-12(6-8-14)11-19-10-9-13-3-2-4-15(18)16(13)17(19)20/h2-10H,11,18H2,1H3. The van der Waals surface area contributed by atoms with Crippen LogP contribution in [0.25, 0.3) is 10.8 Å². The Bertz CT molecular complexity index is 836. The molecule has 1 heterocycles. The molecular formula is C17H16N2O2. The summed E-state index contributed by atoms with van der Waals surface area (Å²) in [6, 6.07) is 15.1. The van der Waals surface area contributed by atoms with Crippen molar-refractivity contribution in [2.24, 2.45) is 0 Å². The van der Waals surface area contributed by atoms with Crippen LogP contribution in [0.5, 0.6) is 5.75 Å². The highest BCUT2D eigenvalue weighted by Crippen LogP contribution is 2.17. The number of nitrogens with zero attached hydrogens (tertiary/aromatic N) is 1. The van der Waals surface area contributed by atoms with E-state index in [0.717, 1.165) is 16.7 Å². The lowest BCUT2D eigenvalue weighted by Gasteiger charge is -2.09. The summed E-state index contributed by atoms with van der Waals surface area (Å²) >= 11 is 0. The lowest BCUT2D eigenvalue weighted by molar-refractivity contribution is 0.414. The van der Waals surface area contributed by atoms with Crippen LogP contribution in [0, 0.1) is 0 Å². The highest BCUT2D eigenvalue weighted by Gasteiger charge is 2.06. The molecular weight excluding hydrogens is 264 g/mol. The van der Waals surface area contributed by atoms with Crippen LogP contribution in [0.2, 0.25) is 0 Å². The number of aromatic nitrogens is 1. The molecule has 0 radical (unpaired) electrons. The van der Waals surface area contributed by atoms with Gasteiger partial charge in [0.2, 0.25) is 0 Å². The van der Waals surface area contributed by atoms with E-state index in [1.807, 2.05) is 42.5 Å². The molecule has 0 aliphatic rings. The number of pyridine rings is 1. The number of methoxy groups -OCH3 is 1. The van der Waals surface area contributed by atoms with Crippen molar-refractivity contribution in [2.45, 2.75) is 6.54 Å². The van der Waals surface area contributed by atoms with Crippen LogP contribution in [-0.2, 0) is 6.54 Å². The Kier molecular flexibility index (Phi) is 3.36. The molecule has 0 aliphatic heterocycles. The number of ether oxygens (including phenoxy) is 1. The van der Waals surface area contributed by atoms with E-state index in [4.69, 9.17) is 10.5 Å². The van der Waals surface area contributed by atoms with E-state index >= 15 is 0 Å². The molecule has 3 aromatic rings. The van der Waals surface area contributed by atoms with Crippen molar-refractivity contribution in [1.82, 2.24) is 4.57 Å². The molecule has 4 nitrogen and oxygen atoms in total. The minimum absolute atomic E-state index is 0.0681. The second-order valence-corrected chi connectivity index (χ2v) is 4.91. The normalized spacial score (nSPS) is 10.7. The molecule has 106 valence electrons. The van der Waals surface area contributed by atoms with Crippen LogP contribution in [-0.4, -0.2) is 11.7 Å². The molecule has 2 aromatic carbocycles. The molecule has 3 rings (SSSR count). The van der Waals surface area contributed by atoms with Crippen LogP contribution in [0.15, 0.2) is 59.5 Å². The number of anilines is 1. The highest BCUT2D eigenvalue weighted by molar-refractivity contribution is 5.91. The first-order valence-electron chi connectivity index (χ1n) is 6.69. The Morgan fingerprint density at radius 3 is 2.57 bits per heavy atom. The fourth-order valence-electron chi connectivity index (χ4n) is 2.41. The summed E-state index contributed by atoms with van der Waals surface area (Å²) in [6.45, 7) is 0.507. The predicted octanol–water partition coefficient (Wildman–Crippen LogP) is 2.64. The number of rotatable bonds is 3. The molecule has 1 aromatic heterocycles. The van der Waals surface area contributed by atoms with Gasteiger partial charge in [-0.15, -0.1) is 0 Å². The van der Waals surface area contributed by atoms with E-state index < -0.39 is 0 Å². The van der Waals surface area contributed by atoms with E-state index in [2.05, 4.69) is 0 Å². The Morgan fingerprint density at radius 1 is 1.10 bits per heavy atom. The average molecular weight is 280 g/mol. The first-order chi connectivity index (χ1) is 10.2. The van der Waals surface area contributed by atoms with Gasteiger partial charge in [0.15, 0.2) is 0 Å². The summed E-state index contributed by atoms with van der Waals surface area (Å²) in [6.07, 6.45) is 1.80. The summed E-state index contributed by atoms with van der Waals surface area (Å²) in [5.74, 6) is 0.800. The molecule has 2 N–H and O–H groups in total. The van der Waals surface area contributed by atoms with Gasteiger partial charge in [-0.05, 0) is 35.2 Å². The Balaban J connectivity index is 2.02. The van der Waals surface area contributed by atoms with Crippen LogP contribution in [0.4, 0.5) is 5.69 Å². The van der Waals surface area contributed by atoms with Crippen molar-refractivity contribution < 1.29 is 4.74 Å². The van der Waals surface area contributed by atoms with Gasteiger partial charge in [-0.2, -0.15) is 0 Å². The van der Waals surface area contributed by atoms with Gasteiger partial charge in [-0.1, -0.05) is 24.3 Å². The number of hydrogen-bond donors (Lipinski definition) is 1. The van der Waals surface area contributed by atoms with Gasteiger partial charge in [0.05, 0.1) is 19.0 Å². The number of nitrogens with two attached hydrogens (primary N) is 1. The summed E-state index contributed by atoms with van der Waals surface area (Å²) < 4.78 is 6.80. The number of benzene rings is 2. The van der Waals surface area contributed by atoms with Crippen LogP contribution < -0.4 is 16.0 Å². The molecule has 0 atom stereocenters. The zero-order valence-corrected chi connectivity index (χ0v) is 11.7. The monoisotopic (exact) mass is 280 g/mol. The first-order valence-corrected chi connectivity index (χ1v) is 6.69. The fraction of sp³-hybridized carbons (Fsp3) is 0.118. The zero-order valence-electron chi connectivity index (χ0n) is 11.7. The van der Waals surface area contributed by atoms with E-state index in [0.29, 0.717) is 17.6 Å². The number of nitrogen functional groups attached to an aromatic ring is 1. The summed E-state index contributed by atoms with van der Waals surface area (Å²) in [5, 5.41) is 1.44. The van der Waals surface area contributed by atoms with Crippen molar-refractivity contribution >= 4 is 16.5 Å². The molecule has 0 unspecified atom stereocenters. The van der Waals surface area contributed by atoms with E-state index in [9.17, 15) is 4.79 Å². The van der Waals surface area contributed by atoms with Crippen molar-refractivity contribution in [1.29, 1.82) is 0 Å². The second-order valence-electron chi connectivity index (χ2n) is 4.91. The highest BCUT2D eigenvalue weighted by atomic mass is 16.5. The third-order valence-electron chi connectivity index (χ3n) is 3.55. The summed E-state index contributed by atoms with van der Waals surface area (Å²) in [4.78, 5) is 12.5. The quantitative estimate of drug-likeness (QED) is 0.750. The summed E-state index contributed by atoms with van der Waals surface area (Å²) in [5.41, 5.74) is 7.41. The lowest BCUT2D eigenvalue weighted by Crippen LogP contribution is -2.20. The molecule has 0 saturated heterocycles. The topological polar surface area (TPSA) is 57.2 Å². The van der Waals surface area contributed by atoms with Crippen LogP contribution >= 0.6 is 0 Å². The fourth-order valence-corrected chi connectivity index (χ4v) is 2.41. The van der Waals surface area contributed by atoms with E-state index in [-0.39, 0.29) is 5.56 Å². The molecule has 0 fully saturated rings. The molecule has 0 spiro atoms. The Morgan fingerprint density at radius 2 is 1.86 bits per heavy atom. The van der Waals surface area contributed by atoms with Gasteiger partial charge in [0, 0.05) is 11.9 Å². The Labute approximate surface area is 122 Å². The van der Waals surface area contributed by atoms with E-state index in [1.54, 1.807) is 23.9 Å². The average Bonchev–Trinajstić information content (AvgIpc) is 2.51. The second kappa shape index (κ2) is 5.32. The van der Waals surface area contributed by atoms with Crippen molar-refractivity contribution in [2.75, 3.05) is 12.8 Å². The third kappa shape index (κ3) is 2.48. The zero-order chi connectivity index (χ0) is 14.8. The van der Waals surface area contributed by atoms with Gasteiger partial charge in [0.25, 0.3) is 5.56 Å². The predicted molar refractivity (Wildman–Crippen MR) is 84.7 cm³/mol. The van der Waals surface area contributed by atoms with Gasteiger partial charge < -0.3 is 15.0 Å². The SMILES string of the molecule is COc1ccc(Cn2ccc3cccc(N)c3c2=O)cc1. The molecule has 0 saturated carbocycles. The van der Waals surface area contributed by atoms with Crippen molar-refractivity contribution in [3.05, 3.63) is 70.6 Å². The lowest BCUT2D eigenvalue weighted by atomic mass is 10.1. The molecule has 0 bridgehead atoms. The number of fused-ring (bicyclic) bond motifs is 1. The minimum atomic E-state index is -0.0681. The van der Waals surface area contributed by atoms with Gasteiger partial charge in [-0.3, -0.25) is 4.79 Å².